The summed E-state index contributed by atoms with van der Waals surface area (Å²) in [4.78, 5) is 0. The minimum atomic E-state index is 0.384. The Labute approximate surface area is 199 Å². The van der Waals surface area contributed by atoms with Gasteiger partial charge in [0, 0.05) is 30.3 Å². The fourth-order valence-electron chi connectivity index (χ4n) is 3.07. The van der Waals surface area contributed by atoms with E-state index in [1.54, 1.807) is 0 Å². The average molecular weight is 462 g/mol. The fourth-order valence-corrected chi connectivity index (χ4v) is 3.07. The molecular formula is C26H55NO5. The molecule has 32 heavy (non-hydrogen) atoms. The molecule has 0 fully saturated rings. The van der Waals surface area contributed by atoms with Crippen LogP contribution in [0.4, 0.5) is 0 Å². The lowest BCUT2D eigenvalue weighted by Gasteiger charge is -2.19. The van der Waals surface area contributed by atoms with Crippen molar-refractivity contribution >= 4 is 0 Å². The van der Waals surface area contributed by atoms with Crippen LogP contribution in [0.25, 0.3) is 0 Å². The Morgan fingerprint density at radius 2 is 0.688 bits per heavy atom. The SMILES string of the molecule is CCC(C)COCC(C)COCC(C)COCC(C)COCC(C)COCC(C)CNC. The van der Waals surface area contributed by atoms with Crippen molar-refractivity contribution in [2.24, 2.45) is 35.5 Å². The molecule has 0 heterocycles. The molecule has 0 aromatic rings. The van der Waals surface area contributed by atoms with Crippen molar-refractivity contribution in [3.05, 3.63) is 0 Å². The summed E-state index contributed by atoms with van der Waals surface area (Å²) in [6.45, 7) is 23.8. The van der Waals surface area contributed by atoms with E-state index < -0.39 is 0 Å². The molecule has 0 saturated heterocycles. The van der Waals surface area contributed by atoms with Crippen LogP contribution in [0.1, 0.15) is 54.9 Å². The largest absolute Gasteiger partial charge is 0.381 e. The summed E-state index contributed by atoms with van der Waals surface area (Å²) >= 11 is 0. The zero-order valence-electron chi connectivity index (χ0n) is 22.5. The predicted molar refractivity (Wildman–Crippen MR) is 133 cm³/mol. The van der Waals surface area contributed by atoms with Crippen molar-refractivity contribution in [2.75, 3.05) is 79.7 Å². The highest BCUT2D eigenvalue weighted by atomic mass is 16.5. The molecule has 0 amide bonds. The van der Waals surface area contributed by atoms with Crippen molar-refractivity contribution in [1.29, 1.82) is 0 Å². The lowest BCUT2D eigenvalue weighted by Crippen LogP contribution is -2.23. The van der Waals surface area contributed by atoms with E-state index in [9.17, 15) is 0 Å². The molecule has 0 saturated carbocycles. The van der Waals surface area contributed by atoms with Crippen molar-refractivity contribution in [1.82, 2.24) is 5.32 Å². The van der Waals surface area contributed by atoms with Crippen molar-refractivity contribution in [3.63, 3.8) is 0 Å². The first-order valence-corrected chi connectivity index (χ1v) is 12.8. The minimum Gasteiger partial charge on any atom is -0.381 e. The van der Waals surface area contributed by atoms with E-state index in [1.807, 2.05) is 7.05 Å². The van der Waals surface area contributed by atoms with Crippen LogP contribution in [0.5, 0.6) is 0 Å². The Kier molecular flexibility index (Phi) is 21.1. The second-order valence-electron chi connectivity index (χ2n) is 10.3. The Morgan fingerprint density at radius 3 is 0.938 bits per heavy atom. The van der Waals surface area contributed by atoms with Gasteiger partial charge in [0.25, 0.3) is 0 Å². The average Bonchev–Trinajstić information content (AvgIpc) is 2.73. The lowest BCUT2D eigenvalue weighted by molar-refractivity contribution is -0.00918. The Balaban J connectivity index is 3.61. The van der Waals surface area contributed by atoms with Gasteiger partial charge >= 0.3 is 0 Å². The maximum absolute atomic E-state index is 5.87. The monoisotopic (exact) mass is 461 g/mol. The van der Waals surface area contributed by atoms with Crippen molar-refractivity contribution < 1.29 is 23.7 Å². The minimum absolute atomic E-state index is 0.384. The highest BCUT2D eigenvalue weighted by molar-refractivity contribution is 4.57. The molecule has 0 rings (SSSR count). The van der Waals surface area contributed by atoms with Crippen LogP contribution in [0.2, 0.25) is 0 Å². The molecule has 1 N–H and O–H groups in total. The highest BCUT2D eigenvalue weighted by Crippen LogP contribution is 2.07. The summed E-state index contributed by atoms with van der Waals surface area (Å²) in [6, 6.07) is 0. The van der Waals surface area contributed by atoms with Gasteiger partial charge in [-0.1, -0.05) is 54.9 Å². The third kappa shape index (κ3) is 20.4. The summed E-state index contributed by atoms with van der Waals surface area (Å²) in [5, 5.41) is 3.17. The first-order valence-electron chi connectivity index (χ1n) is 12.8. The van der Waals surface area contributed by atoms with Gasteiger partial charge in [-0.25, -0.2) is 0 Å². The van der Waals surface area contributed by atoms with Gasteiger partial charge in [0.05, 0.1) is 59.5 Å². The predicted octanol–water partition coefficient (Wildman–Crippen LogP) is 4.52. The Hall–Kier alpha value is -0.240. The van der Waals surface area contributed by atoms with E-state index in [0.29, 0.717) is 35.5 Å². The van der Waals surface area contributed by atoms with E-state index in [-0.39, 0.29) is 0 Å². The van der Waals surface area contributed by atoms with Gasteiger partial charge < -0.3 is 29.0 Å². The molecule has 0 aromatic carbocycles. The van der Waals surface area contributed by atoms with Crippen LogP contribution >= 0.6 is 0 Å². The first kappa shape index (κ1) is 31.8. The molecule has 0 aliphatic heterocycles. The smallest absolute Gasteiger partial charge is 0.0513 e. The fraction of sp³-hybridized carbons (Fsp3) is 1.00. The maximum Gasteiger partial charge on any atom is 0.0513 e. The van der Waals surface area contributed by atoms with Gasteiger partial charge in [-0.05, 0) is 25.4 Å². The first-order chi connectivity index (χ1) is 15.3. The Morgan fingerprint density at radius 1 is 0.438 bits per heavy atom. The zero-order valence-corrected chi connectivity index (χ0v) is 22.5. The standard InChI is InChI=1S/C26H55NO5/c1-9-21(2)11-28-13-23(4)15-30-17-25(6)19-32-20-26(7)18-31-16-24(5)14-29-12-22(3)10-27-8/h21-27H,9-20H2,1-8H3. The zero-order chi connectivity index (χ0) is 24.2. The molecule has 6 nitrogen and oxygen atoms in total. The van der Waals surface area contributed by atoms with Crippen LogP contribution in [0.3, 0.4) is 0 Å². The molecule has 0 aliphatic carbocycles. The molecule has 0 spiro atoms. The normalized spacial score (nSPS) is 17.6. The summed E-state index contributed by atoms with van der Waals surface area (Å²) in [6.07, 6.45) is 1.16. The van der Waals surface area contributed by atoms with Gasteiger partial charge in [-0.15, -0.1) is 0 Å². The van der Waals surface area contributed by atoms with E-state index in [2.05, 4.69) is 53.8 Å². The molecule has 0 aliphatic rings. The van der Waals surface area contributed by atoms with E-state index in [4.69, 9.17) is 23.7 Å². The van der Waals surface area contributed by atoms with Gasteiger partial charge in [0.1, 0.15) is 0 Å². The quantitative estimate of drug-likeness (QED) is 0.241. The summed E-state index contributed by atoms with van der Waals surface area (Å²) in [5.74, 6) is 2.77. The number of hydrogen-bond donors (Lipinski definition) is 1. The number of hydrogen-bond acceptors (Lipinski definition) is 6. The molecule has 194 valence electrons. The van der Waals surface area contributed by atoms with E-state index >= 15 is 0 Å². The van der Waals surface area contributed by atoms with Gasteiger partial charge in [-0.2, -0.15) is 0 Å². The topological polar surface area (TPSA) is 58.2 Å². The summed E-state index contributed by atoms with van der Waals surface area (Å²) in [5.41, 5.74) is 0. The molecular weight excluding hydrogens is 406 g/mol. The van der Waals surface area contributed by atoms with E-state index in [0.717, 1.165) is 79.0 Å². The molecule has 0 bridgehead atoms. The lowest BCUT2D eigenvalue weighted by atomic mass is 10.1. The number of rotatable bonds is 23. The molecule has 6 atom stereocenters. The summed E-state index contributed by atoms with van der Waals surface area (Å²) in [7, 11) is 1.97. The van der Waals surface area contributed by atoms with Crippen LogP contribution in [-0.4, -0.2) is 79.7 Å². The van der Waals surface area contributed by atoms with Gasteiger partial charge in [0.15, 0.2) is 0 Å². The second-order valence-corrected chi connectivity index (χ2v) is 10.3. The molecule has 0 radical (unpaired) electrons. The van der Waals surface area contributed by atoms with Crippen LogP contribution in [0.15, 0.2) is 0 Å². The van der Waals surface area contributed by atoms with Crippen molar-refractivity contribution in [3.8, 4) is 0 Å². The van der Waals surface area contributed by atoms with Gasteiger partial charge in [-0.3, -0.25) is 0 Å². The van der Waals surface area contributed by atoms with Gasteiger partial charge in [0.2, 0.25) is 0 Å². The third-order valence-corrected chi connectivity index (χ3v) is 5.27. The van der Waals surface area contributed by atoms with Crippen LogP contribution in [0, 0.1) is 35.5 Å². The van der Waals surface area contributed by atoms with Crippen LogP contribution < -0.4 is 5.32 Å². The second kappa shape index (κ2) is 21.3. The third-order valence-electron chi connectivity index (χ3n) is 5.27. The molecule has 6 heteroatoms. The Bertz CT molecular complexity index is 398. The van der Waals surface area contributed by atoms with Crippen LogP contribution in [-0.2, 0) is 23.7 Å². The van der Waals surface area contributed by atoms with Crippen molar-refractivity contribution in [2.45, 2.75) is 54.9 Å². The molecule has 0 aromatic heterocycles. The molecule has 6 unspecified atom stereocenters. The summed E-state index contributed by atoms with van der Waals surface area (Å²) < 4.78 is 29.1. The number of ether oxygens (including phenoxy) is 5. The highest BCUT2D eigenvalue weighted by Gasteiger charge is 2.10. The van der Waals surface area contributed by atoms with E-state index in [1.165, 1.54) is 0 Å². The maximum atomic E-state index is 5.87. The number of nitrogens with one attached hydrogen (secondary N) is 1.